The van der Waals surface area contributed by atoms with Crippen molar-refractivity contribution in [2.45, 2.75) is 11.8 Å². The molecular formula is C12H14Cl3N. The van der Waals surface area contributed by atoms with Crippen LogP contribution >= 0.6 is 35.6 Å². The fourth-order valence-corrected chi connectivity index (χ4v) is 3.28. The van der Waals surface area contributed by atoms with E-state index in [0.717, 1.165) is 12.5 Å². The average molecular weight is 279 g/mol. The molecule has 1 nitrogen and oxygen atoms in total. The SMILES string of the molecule is CN1C[C@H]2C[C@@]2(c2ccc(Cl)c(Cl)c2)C1.Cl. The van der Waals surface area contributed by atoms with Crippen LogP contribution in [0, 0.1) is 5.92 Å². The molecule has 2 atom stereocenters. The van der Waals surface area contributed by atoms with Crippen molar-refractivity contribution in [2.75, 3.05) is 20.1 Å². The van der Waals surface area contributed by atoms with Crippen LogP contribution in [0.3, 0.4) is 0 Å². The minimum atomic E-state index is 0. The molecule has 0 amide bonds. The number of fused-ring (bicyclic) bond motifs is 1. The van der Waals surface area contributed by atoms with Crippen LogP contribution < -0.4 is 0 Å². The number of halogens is 3. The molecule has 1 saturated heterocycles. The highest BCUT2D eigenvalue weighted by molar-refractivity contribution is 6.42. The van der Waals surface area contributed by atoms with Gasteiger partial charge in [-0.1, -0.05) is 29.3 Å². The Morgan fingerprint density at radius 3 is 2.62 bits per heavy atom. The van der Waals surface area contributed by atoms with Crippen LogP contribution in [0.15, 0.2) is 18.2 Å². The molecule has 88 valence electrons. The zero-order chi connectivity index (χ0) is 10.6. The van der Waals surface area contributed by atoms with E-state index in [2.05, 4.69) is 18.0 Å². The van der Waals surface area contributed by atoms with Crippen LogP contribution in [0.5, 0.6) is 0 Å². The van der Waals surface area contributed by atoms with Gasteiger partial charge in [-0.15, -0.1) is 12.4 Å². The summed E-state index contributed by atoms with van der Waals surface area (Å²) in [6.07, 6.45) is 1.31. The van der Waals surface area contributed by atoms with E-state index >= 15 is 0 Å². The van der Waals surface area contributed by atoms with Crippen molar-refractivity contribution in [3.63, 3.8) is 0 Å². The summed E-state index contributed by atoms with van der Waals surface area (Å²) in [4.78, 5) is 2.40. The first kappa shape index (κ1) is 12.5. The zero-order valence-electron chi connectivity index (χ0n) is 9.04. The van der Waals surface area contributed by atoms with E-state index in [0.29, 0.717) is 15.5 Å². The molecule has 1 saturated carbocycles. The van der Waals surface area contributed by atoms with Crippen LogP contribution in [-0.2, 0) is 5.41 Å². The van der Waals surface area contributed by atoms with E-state index < -0.39 is 0 Å². The number of benzene rings is 1. The third-order valence-corrected chi connectivity index (χ3v) is 4.55. The molecule has 16 heavy (non-hydrogen) atoms. The van der Waals surface area contributed by atoms with Crippen molar-refractivity contribution in [3.8, 4) is 0 Å². The second-order valence-electron chi connectivity index (χ2n) is 4.88. The summed E-state index contributed by atoms with van der Waals surface area (Å²) in [5.41, 5.74) is 1.76. The van der Waals surface area contributed by atoms with Gasteiger partial charge < -0.3 is 4.90 Å². The number of likely N-dealkylation sites (tertiary alicyclic amines) is 1. The Morgan fingerprint density at radius 1 is 1.31 bits per heavy atom. The van der Waals surface area contributed by atoms with Crippen molar-refractivity contribution in [1.82, 2.24) is 4.90 Å². The van der Waals surface area contributed by atoms with Gasteiger partial charge in [0.05, 0.1) is 10.0 Å². The molecule has 1 aliphatic heterocycles. The normalized spacial score (nSPS) is 32.1. The molecule has 1 aliphatic carbocycles. The quantitative estimate of drug-likeness (QED) is 0.758. The van der Waals surface area contributed by atoms with Crippen molar-refractivity contribution in [1.29, 1.82) is 0 Å². The van der Waals surface area contributed by atoms with Gasteiger partial charge in [-0.3, -0.25) is 0 Å². The van der Waals surface area contributed by atoms with E-state index in [1.165, 1.54) is 18.5 Å². The van der Waals surface area contributed by atoms with Gasteiger partial charge in [0, 0.05) is 18.5 Å². The van der Waals surface area contributed by atoms with Crippen LogP contribution in [0.2, 0.25) is 10.0 Å². The topological polar surface area (TPSA) is 3.24 Å². The summed E-state index contributed by atoms with van der Waals surface area (Å²) in [6.45, 7) is 2.38. The van der Waals surface area contributed by atoms with Crippen molar-refractivity contribution in [3.05, 3.63) is 33.8 Å². The molecule has 1 heterocycles. The first-order valence-electron chi connectivity index (χ1n) is 5.26. The molecule has 0 radical (unpaired) electrons. The number of hydrogen-bond donors (Lipinski definition) is 0. The second kappa shape index (κ2) is 4.06. The molecule has 0 spiro atoms. The first-order chi connectivity index (χ1) is 7.12. The monoisotopic (exact) mass is 277 g/mol. The Balaban J connectivity index is 0.000000963. The van der Waals surface area contributed by atoms with E-state index in [9.17, 15) is 0 Å². The molecule has 0 bridgehead atoms. The van der Waals surface area contributed by atoms with Gasteiger partial charge in [0.1, 0.15) is 0 Å². The molecule has 0 unspecified atom stereocenters. The highest BCUT2D eigenvalue weighted by Crippen LogP contribution is 2.59. The Bertz CT molecular complexity index is 421. The van der Waals surface area contributed by atoms with Crippen molar-refractivity contribution < 1.29 is 0 Å². The Hall–Kier alpha value is 0.0500. The molecule has 2 fully saturated rings. The highest BCUT2D eigenvalue weighted by atomic mass is 35.5. The van der Waals surface area contributed by atoms with Gasteiger partial charge in [0.25, 0.3) is 0 Å². The molecule has 2 aliphatic rings. The Kier molecular flexibility index (Phi) is 3.17. The maximum absolute atomic E-state index is 6.06. The molecule has 3 rings (SSSR count). The third-order valence-electron chi connectivity index (χ3n) is 3.81. The van der Waals surface area contributed by atoms with Crippen LogP contribution in [0.25, 0.3) is 0 Å². The molecule has 4 heteroatoms. The predicted molar refractivity (Wildman–Crippen MR) is 71.0 cm³/mol. The first-order valence-corrected chi connectivity index (χ1v) is 6.01. The molecule has 0 N–H and O–H groups in total. The van der Waals surface area contributed by atoms with Gasteiger partial charge in [-0.25, -0.2) is 0 Å². The minimum absolute atomic E-state index is 0. The minimum Gasteiger partial charge on any atom is -0.305 e. The lowest BCUT2D eigenvalue weighted by Gasteiger charge is -2.16. The van der Waals surface area contributed by atoms with Gasteiger partial charge in [-0.05, 0) is 37.1 Å². The lowest BCUT2D eigenvalue weighted by Crippen LogP contribution is -2.22. The summed E-state index contributed by atoms with van der Waals surface area (Å²) in [5, 5.41) is 1.34. The Labute approximate surface area is 112 Å². The Morgan fingerprint density at radius 2 is 2.06 bits per heavy atom. The molecule has 1 aromatic carbocycles. The lowest BCUT2D eigenvalue weighted by molar-refractivity contribution is 0.363. The van der Waals surface area contributed by atoms with E-state index in [1.54, 1.807) is 0 Å². The van der Waals surface area contributed by atoms with Crippen molar-refractivity contribution >= 4 is 35.6 Å². The van der Waals surface area contributed by atoms with Gasteiger partial charge in [-0.2, -0.15) is 0 Å². The maximum atomic E-state index is 6.06. The summed E-state index contributed by atoms with van der Waals surface area (Å²) < 4.78 is 0. The smallest absolute Gasteiger partial charge is 0.0595 e. The van der Waals surface area contributed by atoms with Crippen LogP contribution in [0.4, 0.5) is 0 Å². The summed E-state index contributed by atoms with van der Waals surface area (Å²) in [6, 6.07) is 6.10. The number of likely N-dealkylation sites (N-methyl/N-ethyl adjacent to an activating group) is 1. The fourth-order valence-electron chi connectivity index (χ4n) is 2.99. The zero-order valence-corrected chi connectivity index (χ0v) is 11.4. The molecular weight excluding hydrogens is 264 g/mol. The average Bonchev–Trinajstić information content (AvgIpc) is 2.75. The standard InChI is InChI=1S/C12H13Cl2N.ClH/c1-15-6-9-5-12(9,7-15)8-2-3-10(13)11(14)4-8;/h2-4,9H,5-7H2,1H3;1H/t9-,12+;/m1./s1. The second-order valence-corrected chi connectivity index (χ2v) is 5.70. The van der Waals surface area contributed by atoms with E-state index in [-0.39, 0.29) is 12.4 Å². The third kappa shape index (κ3) is 1.74. The van der Waals surface area contributed by atoms with Gasteiger partial charge >= 0.3 is 0 Å². The molecule has 1 aromatic rings. The van der Waals surface area contributed by atoms with E-state index in [1.807, 2.05) is 12.1 Å². The largest absolute Gasteiger partial charge is 0.305 e. The van der Waals surface area contributed by atoms with E-state index in [4.69, 9.17) is 23.2 Å². The predicted octanol–water partition coefficient (Wildman–Crippen LogP) is 3.62. The van der Waals surface area contributed by atoms with Gasteiger partial charge in [0.15, 0.2) is 0 Å². The lowest BCUT2D eigenvalue weighted by atomic mass is 9.95. The maximum Gasteiger partial charge on any atom is 0.0595 e. The van der Waals surface area contributed by atoms with Gasteiger partial charge in [0.2, 0.25) is 0 Å². The number of nitrogens with zero attached hydrogens (tertiary/aromatic N) is 1. The number of rotatable bonds is 1. The summed E-state index contributed by atoms with van der Waals surface area (Å²) in [7, 11) is 2.19. The summed E-state index contributed by atoms with van der Waals surface area (Å²) in [5.74, 6) is 0.833. The van der Waals surface area contributed by atoms with Crippen LogP contribution in [0.1, 0.15) is 12.0 Å². The van der Waals surface area contributed by atoms with Crippen molar-refractivity contribution in [2.24, 2.45) is 5.92 Å². The van der Waals surface area contributed by atoms with Crippen LogP contribution in [-0.4, -0.2) is 25.0 Å². The number of hydrogen-bond acceptors (Lipinski definition) is 1. The molecule has 0 aromatic heterocycles. The number of piperidine rings is 1. The fraction of sp³-hybridized carbons (Fsp3) is 0.500. The summed E-state index contributed by atoms with van der Waals surface area (Å²) >= 11 is 12.0. The highest BCUT2D eigenvalue weighted by Gasteiger charge is 2.59.